The van der Waals surface area contributed by atoms with Gasteiger partial charge in [0.2, 0.25) is 0 Å². The predicted molar refractivity (Wildman–Crippen MR) is 103 cm³/mol. The Balaban J connectivity index is 2.02. The summed E-state index contributed by atoms with van der Waals surface area (Å²) in [4.78, 5) is 12.9. The van der Waals surface area contributed by atoms with Crippen LogP contribution in [0.25, 0.3) is 0 Å². The van der Waals surface area contributed by atoms with E-state index in [1.807, 2.05) is 6.07 Å². The van der Waals surface area contributed by atoms with Gasteiger partial charge in [-0.2, -0.15) is 0 Å². The average molecular weight is 385 g/mol. The first-order valence-corrected chi connectivity index (χ1v) is 10.0. The number of Topliss-reactive ketones (excluding diaryl/α,β-unsaturated/α-hetero) is 1. The Labute approximate surface area is 158 Å². The number of rotatable bonds is 6. The Morgan fingerprint density at radius 3 is 1.92 bits per heavy atom. The third-order valence-electron chi connectivity index (χ3n) is 4.15. The van der Waals surface area contributed by atoms with Crippen molar-refractivity contribution < 1.29 is 13.2 Å². The molecule has 0 amide bonds. The summed E-state index contributed by atoms with van der Waals surface area (Å²) < 4.78 is 26.4. The van der Waals surface area contributed by atoms with Crippen LogP contribution < -0.4 is 0 Å². The number of hydrogen-bond acceptors (Lipinski definition) is 3. The van der Waals surface area contributed by atoms with Gasteiger partial charge in [0, 0.05) is 17.0 Å². The van der Waals surface area contributed by atoms with Crippen LogP contribution in [0.4, 0.5) is 0 Å². The van der Waals surface area contributed by atoms with Crippen LogP contribution in [0.3, 0.4) is 0 Å². The topological polar surface area (TPSA) is 51.2 Å². The Hall–Kier alpha value is -2.43. The van der Waals surface area contributed by atoms with E-state index in [1.165, 1.54) is 0 Å². The first-order valence-electron chi connectivity index (χ1n) is 8.11. The van der Waals surface area contributed by atoms with Crippen LogP contribution in [-0.4, -0.2) is 14.2 Å². The highest BCUT2D eigenvalue weighted by Gasteiger charge is 2.31. The van der Waals surface area contributed by atoms with E-state index >= 15 is 0 Å². The van der Waals surface area contributed by atoms with Crippen molar-refractivity contribution in [3.63, 3.8) is 0 Å². The first-order chi connectivity index (χ1) is 12.5. The zero-order valence-electron chi connectivity index (χ0n) is 13.9. The molecule has 0 heterocycles. The highest BCUT2D eigenvalue weighted by atomic mass is 35.5. The second kappa shape index (κ2) is 7.85. The van der Waals surface area contributed by atoms with Crippen LogP contribution in [0, 0.1) is 0 Å². The number of hydrogen-bond donors (Lipinski definition) is 0. The van der Waals surface area contributed by atoms with Crippen LogP contribution >= 0.6 is 11.6 Å². The zero-order chi connectivity index (χ0) is 18.6. The summed E-state index contributed by atoms with van der Waals surface area (Å²) in [5, 5.41) is -0.464. The molecule has 1 atom stereocenters. The molecule has 3 nitrogen and oxygen atoms in total. The number of halogens is 1. The normalized spacial score (nSPS) is 12.5. The minimum atomic E-state index is -3.73. The fourth-order valence-electron chi connectivity index (χ4n) is 2.77. The van der Waals surface area contributed by atoms with Gasteiger partial charge in [-0.05, 0) is 29.8 Å². The summed E-state index contributed by atoms with van der Waals surface area (Å²) in [5.74, 6) is -0.218. The molecule has 0 radical (unpaired) electrons. The van der Waals surface area contributed by atoms with Crippen molar-refractivity contribution in [2.45, 2.75) is 16.6 Å². The largest absolute Gasteiger partial charge is 0.294 e. The van der Waals surface area contributed by atoms with Gasteiger partial charge in [0.15, 0.2) is 15.6 Å². The number of ketones is 1. The SMILES string of the molecule is O=C(CC(c1ccc(Cl)cc1)S(=O)(=O)c1ccccc1)c1ccccc1. The molecule has 0 fully saturated rings. The fourth-order valence-corrected chi connectivity index (χ4v) is 4.65. The van der Waals surface area contributed by atoms with Gasteiger partial charge in [0.25, 0.3) is 0 Å². The quantitative estimate of drug-likeness (QED) is 0.553. The molecule has 0 aliphatic heterocycles. The monoisotopic (exact) mass is 384 g/mol. The van der Waals surface area contributed by atoms with E-state index in [2.05, 4.69) is 0 Å². The summed E-state index contributed by atoms with van der Waals surface area (Å²) in [6.07, 6.45) is -0.136. The van der Waals surface area contributed by atoms with Crippen molar-refractivity contribution in [1.82, 2.24) is 0 Å². The van der Waals surface area contributed by atoms with Gasteiger partial charge in [0.1, 0.15) is 0 Å². The van der Waals surface area contributed by atoms with E-state index in [0.29, 0.717) is 16.1 Å². The molecule has 0 N–H and O–H groups in total. The van der Waals surface area contributed by atoms with Gasteiger partial charge in [-0.3, -0.25) is 4.79 Å². The van der Waals surface area contributed by atoms with Crippen molar-refractivity contribution >= 4 is 27.2 Å². The van der Waals surface area contributed by atoms with Gasteiger partial charge >= 0.3 is 0 Å². The molecule has 132 valence electrons. The molecule has 0 saturated carbocycles. The molecule has 5 heteroatoms. The highest BCUT2D eigenvalue weighted by Crippen LogP contribution is 2.33. The van der Waals surface area contributed by atoms with Gasteiger partial charge in [-0.25, -0.2) is 8.42 Å². The number of carbonyl (C=O) groups is 1. The maximum Gasteiger partial charge on any atom is 0.185 e. The zero-order valence-corrected chi connectivity index (χ0v) is 15.5. The van der Waals surface area contributed by atoms with Crippen molar-refractivity contribution in [1.29, 1.82) is 0 Å². The molecule has 0 bridgehead atoms. The summed E-state index contributed by atoms with van der Waals surface area (Å²) in [6.45, 7) is 0. The minimum absolute atomic E-state index is 0.136. The summed E-state index contributed by atoms with van der Waals surface area (Å²) in [5.41, 5.74) is 1.04. The second-order valence-corrected chi connectivity index (χ2v) is 8.46. The van der Waals surface area contributed by atoms with Gasteiger partial charge < -0.3 is 0 Å². The average Bonchev–Trinajstić information content (AvgIpc) is 2.68. The smallest absolute Gasteiger partial charge is 0.185 e. The lowest BCUT2D eigenvalue weighted by atomic mass is 10.0. The van der Waals surface area contributed by atoms with Crippen LogP contribution in [0.2, 0.25) is 5.02 Å². The maximum atomic E-state index is 13.2. The number of carbonyl (C=O) groups excluding carboxylic acids is 1. The molecule has 3 aromatic rings. The van der Waals surface area contributed by atoms with Gasteiger partial charge in [0.05, 0.1) is 10.1 Å². The molecule has 26 heavy (non-hydrogen) atoms. The molecular weight excluding hydrogens is 368 g/mol. The van der Waals surface area contributed by atoms with E-state index in [1.54, 1.807) is 78.9 Å². The summed E-state index contributed by atoms with van der Waals surface area (Å²) >= 11 is 5.93. The lowest BCUT2D eigenvalue weighted by molar-refractivity contribution is 0.0980. The van der Waals surface area contributed by atoms with E-state index < -0.39 is 15.1 Å². The van der Waals surface area contributed by atoms with Crippen molar-refractivity contribution in [2.24, 2.45) is 0 Å². The second-order valence-electron chi connectivity index (χ2n) is 5.89. The minimum Gasteiger partial charge on any atom is -0.294 e. The highest BCUT2D eigenvalue weighted by molar-refractivity contribution is 7.91. The fraction of sp³-hybridized carbons (Fsp3) is 0.0952. The Morgan fingerprint density at radius 2 is 1.35 bits per heavy atom. The van der Waals surface area contributed by atoms with Gasteiger partial charge in [-0.15, -0.1) is 0 Å². The summed E-state index contributed by atoms with van der Waals surface area (Å²) in [6, 6.07) is 23.5. The molecule has 0 aliphatic carbocycles. The molecule has 1 unspecified atom stereocenters. The first kappa shape index (κ1) is 18.4. The van der Waals surface area contributed by atoms with Crippen LogP contribution in [-0.2, 0) is 9.84 Å². The number of sulfone groups is 1. The molecule has 0 aliphatic rings. The van der Waals surface area contributed by atoms with Crippen LogP contribution in [0.1, 0.15) is 27.6 Å². The third-order valence-corrected chi connectivity index (χ3v) is 6.52. The van der Waals surface area contributed by atoms with Crippen LogP contribution in [0.5, 0.6) is 0 Å². The van der Waals surface area contributed by atoms with E-state index in [-0.39, 0.29) is 17.1 Å². The number of benzene rings is 3. The van der Waals surface area contributed by atoms with Gasteiger partial charge in [-0.1, -0.05) is 72.3 Å². The Morgan fingerprint density at radius 1 is 0.808 bits per heavy atom. The lowest BCUT2D eigenvalue weighted by Crippen LogP contribution is -2.18. The Bertz CT molecular complexity index is 982. The van der Waals surface area contributed by atoms with E-state index in [4.69, 9.17) is 11.6 Å². The lowest BCUT2D eigenvalue weighted by Gasteiger charge is -2.18. The predicted octanol–water partition coefficient (Wildman–Crippen LogP) is 5.13. The van der Waals surface area contributed by atoms with Crippen molar-refractivity contribution in [3.8, 4) is 0 Å². The molecule has 3 rings (SSSR count). The maximum absolute atomic E-state index is 13.2. The van der Waals surface area contributed by atoms with Crippen molar-refractivity contribution in [3.05, 3.63) is 101 Å². The Kier molecular flexibility index (Phi) is 5.55. The summed E-state index contributed by atoms with van der Waals surface area (Å²) in [7, 11) is -3.73. The van der Waals surface area contributed by atoms with E-state index in [9.17, 15) is 13.2 Å². The van der Waals surface area contributed by atoms with Crippen LogP contribution in [0.15, 0.2) is 89.8 Å². The van der Waals surface area contributed by atoms with Crippen molar-refractivity contribution in [2.75, 3.05) is 0 Å². The van der Waals surface area contributed by atoms with E-state index in [0.717, 1.165) is 0 Å². The molecule has 0 saturated heterocycles. The molecule has 0 aromatic heterocycles. The molecular formula is C21H17ClO3S. The standard InChI is InChI=1S/C21H17ClO3S/c22-18-13-11-17(12-14-18)21(15-20(23)16-7-3-1-4-8-16)26(24,25)19-9-5-2-6-10-19/h1-14,21H,15H2. The molecule has 0 spiro atoms. The third kappa shape index (κ3) is 4.03. The molecule has 3 aromatic carbocycles.